The molecule has 1 aromatic carbocycles. The second-order valence-corrected chi connectivity index (χ2v) is 4.49. The first kappa shape index (κ1) is 9.34. The van der Waals surface area contributed by atoms with Crippen LogP contribution < -0.4 is 0 Å². The minimum absolute atomic E-state index is 0.195. The molecule has 0 aliphatic heterocycles. The van der Waals surface area contributed by atoms with Crippen molar-refractivity contribution in [3.8, 4) is 10.6 Å². The third kappa shape index (κ3) is 1.68. The summed E-state index contributed by atoms with van der Waals surface area (Å²) in [5.41, 5.74) is 1.52. The number of hydrogen-bond donors (Lipinski definition) is 0. The van der Waals surface area contributed by atoms with Gasteiger partial charge in [0.05, 0.1) is 0 Å². The van der Waals surface area contributed by atoms with Gasteiger partial charge in [0, 0.05) is 16.6 Å². The van der Waals surface area contributed by atoms with Gasteiger partial charge in [-0.1, -0.05) is 6.07 Å². The van der Waals surface area contributed by atoms with Gasteiger partial charge in [-0.25, -0.2) is 9.37 Å². The van der Waals surface area contributed by atoms with Crippen molar-refractivity contribution in [2.24, 2.45) is 0 Å². The van der Waals surface area contributed by atoms with Crippen molar-refractivity contribution in [3.63, 3.8) is 0 Å². The summed E-state index contributed by atoms with van der Waals surface area (Å²) in [7, 11) is 0. The second kappa shape index (κ2) is 3.50. The number of hydrogen-bond acceptors (Lipinski definition) is 2. The Kier molecular flexibility index (Phi) is 2.33. The highest BCUT2D eigenvalue weighted by atomic mass is 32.1. The quantitative estimate of drug-likeness (QED) is 0.696. The number of aryl methyl sites for hydroxylation is 2. The summed E-state index contributed by atoms with van der Waals surface area (Å²) in [5, 5.41) is 0.750. The monoisotopic (exact) mass is 207 g/mol. The van der Waals surface area contributed by atoms with Crippen molar-refractivity contribution in [3.05, 3.63) is 40.7 Å². The van der Waals surface area contributed by atoms with E-state index in [4.69, 9.17) is 0 Å². The molecule has 0 unspecified atom stereocenters. The lowest BCUT2D eigenvalue weighted by molar-refractivity contribution is 0.630. The van der Waals surface area contributed by atoms with Gasteiger partial charge in [-0.3, -0.25) is 0 Å². The van der Waals surface area contributed by atoms with E-state index in [1.165, 1.54) is 17.4 Å². The van der Waals surface area contributed by atoms with Crippen LogP contribution in [0.25, 0.3) is 10.6 Å². The van der Waals surface area contributed by atoms with E-state index < -0.39 is 0 Å². The van der Waals surface area contributed by atoms with Gasteiger partial charge in [-0.2, -0.15) is 0 Å². The molecular weight excluding hydrogens is 197 g/mol. The molecule has 14 heavy (non-hydrogen) atoms. The summed E-state index contributed by atoms with van der Waals surface area (Å²) >= 11 is 1.51. The summed E-state index contributed by atoms with van der Waals surface area (Å²) in [4.78, 5) is 5.25. The van der Waals surface area contributed by atoms with E-state index in [1.807, 2.05) is 19.9 Å². The van der Waals surface area contributed by atoms with Gasteiger partial charge in [0.1, 0.15) is 10.8 Å². The molecule has 0 aliphatic carbocycles. The Balaban J connectivity index is 2.52. The molecule has 1 heterocycles. The Morgan fingerprint density at radius 2 is 2.07 bits per heavy atom. The highest BCUT2D eigenvalue weighted by Crippen LogP contribution is 2.27. The zero-order chi connectivity index (χ0) is 10.1. The molecule has 3 heteroatoms. The van der Waals surface area contributed by atoms with Crippen LogP contribution in [0.4, 0.5) is 4.39 Å². The number of thiazole rings is 1. The van der Waals surface area contributed by atoms with Crippen LogP contribution in [0.1, 0.15) is 10.4 Å². The van der Waals surface area contributed by atoms with E-state index >= 15 is 0 Å². The highest BCUT2D eigenvalue weighted by Gasteiger charge is 2.07. The van der Waals surface area contributed by atoms with Gasteiger partial charge < -0.3 is 0 Å². The number of nitrogens with zero attached hydrogens (tertiary/aromatic N) is 1. The van der Waals surface area contributed by atoms with Crippen LogP contribution in [0, 0.1) is 19.7 Å². The Morgan fingerprint density at radius 3 is 2.64 bits per heavy atom. The van der Waals surface area contributed by atoms with Gasteiger partial charge in [-0.15, -0.1) is 11.3 Å². The highest BCUT2D eigenvalue weighted by molar-refractivity contribution is 7.14. The largest absolute Gasteiger partial charge is 0.244 e. The fourth-order valence-electron chi connectivity index (χ4n) is 1.27. The van der Waals surface area contributed by atoms with Crippen molar-refractivity contribution >= 4 is 11.3 Å². The molecule has 0 saturated carbocycles. The van der Waals surface area contributed by atoms with E-state index in [0.29, 0.717) is 5.56 Å². The molecule has 2 aromatic rings. The lowest BCUT2D eigenvalue weighted by Crippen LogP contribution is -1.84. The van der Waals surface area contributed by atoms with E-state index in [0.717, 1.165) is 15.4 Å². The summed E-state index contributed by atoms with van der Waals surface area (Å²) in [5.74, 6) is -0.195. The zero-order valence-corrected chi connectivity index (χ0v) is 8.86. The van der Waals surface area contributed by atoms with Crippen LogP contribution in [0.5, 0.6) is 0 Å². The van der Waals surface area contributed by atoms with Crippen LogP contribution in [0.3, 0.4) is 0 Å². The molecule has 0 atom stereocenters. The maximum atomic E-state index is 13.5. The van der Waals surface area contributed by atoms with Crippen LogP contribution in [0.15, 0.2) is 24.4 Å². The SMILES string of the molecule is Cc1ccc(-c2ncc(C)s2)c(F)c1. The first-order valence-corrected chi connectivity index (χ1v) is 5.17. The first-order chi connectivity index (χ1) is 6.66. The molecule has 0 saturated heterocycles. The Bertz CT molecular complexity index is 462. The molecule has 72 valence electrons. The Morgan fingerprint density at radius 1 is 1.29 bits per heavy atom. The van der Waals surface area contributed by atoms with Crippen LogP contribution in [-0.4, -0.2) is 4.98 Å². The standard InChI is InChI=1S/C11H10FNS/c1-7-3-4-9(10(12)5-7)11-13-6-8(2)14-11/h3-6H,1-2H3. The average Bonchev–Trinajstić information content (AvgIpc) is 2.51. The number of rotatable bonds is 1. The molecule has 0 N–H and O–H groups in total. The fourth-order valence-corrected chi connectivity index (χ4v) is 2.06. The van der Waals surface area contributed by atoms with Crippen molar-refractivity contribution < 1.29 is 4.39 Å². The predicted molar refractivity (Wildman–Crippen MR) is 57.0 cm³/mol. The Hall–Kier alpha value is -1.22. The van der Waals surface area contributed by atoms with Gasteiger partial charge in [0.15, 0.2) is 0 Å². The van der Waals surface area contributed by atoms with Gasteiger partial charge in [0.2, 0.25) is 0 Å². The number of benzene rings is 1. The molecule has 1 nitrogen and oxygen atoms in total. The number of aromatic nitrogens is 1. The molecule has 0 aliphatic rings. The van der Waals surface area contributed by atoms with E-state index in [1.54, 1.807) is 12.3 Å². The second-order valence-electron chi connectivity index (χ2n) is 3.26. The van der Waals surface area contributed by atoms with E-state index in [2.05, 4.69) is 4.98 Å². The topological polar surface area (TPSA) is 12.9 Å². The lowest BCUT2D eigenvalue weighted by atomic mass is 10.1. The zero-order valence-electron chi connectivity index (χ0n) is 8.04. The van der Waals surface area contributed by atoms with Gasteiger partial charge >= 0.3 is 0 Å². The normalized spacial score (nSPS) is 10.5. The summed E-state index contributed by atoms with van der Waals surface area (Å²) in [6, 6.07) is 5.21. The van der Waals surface area contributed by atoms with Crippen molar-refractivity contribution in [1.82, 2.24) is 4.98 Å². The van der Waals surface area contributed by atoms with Crippen LogP contribution >= 0.6 is 11.3 Å². The molecule has 1 aromatic heterocycles. The fraction of sp³-hybridized carbons (Fsp3) is 0.182. The van der Waals surface area contributed by atoms with Crippen molar-refractivity contribution in [1.29, 1.82) is 0 Å². The molecule has 2 rings (SSSR count). The van der Waals surface area contributed by atoms with Crippen LogP contribution in [-0.2, 0) is 0 Å². The molecule has 0 fully saturated rings. The molecular formula is C11H10FNS. The minimum Gasteiger partial charge on any atom is -0.244 e. The molecule has 0 spiro atoms. The minimum atomic E-state index is -0.195. The predicted octanol–water partition coefficient (Wildman–Crippen LogP) is 3.57. The number of halogens is 1. The van der Waals surface area contributed by atoms with E-state index in [9.17, 15) is 4.39 Å². The first-order valence-electron chi connectivity index (χ1n) is 4.36. The molecule has 0 amide bonds. The average molecular weight is 207 g/mol. The van der Waals surface area contributed by atoms with Crippen molar-refractivity contribution in [2.45, 2.75) is 13.8 Å². The van der Waals surface area contributed by atoms with Crippen molar-refractivity contribution in [2.75, 3.05) is 0 Å². The summed E-state index contributed by atoms with van der Waals surface area (Å²) in [6.45, 7) is 3.84. The maximum absolute atomic E-state index is 13.5. The third-order valence-corrected chi connectivity index (χ3v) is 2.92. The molecule has 0 radical (unpaired) electrons. The Labute approximate surface area is 86.2 Å². The summed E-state index contributed by atoms with van der Waals surface area (Å²) in [6.07, 6.45) is 1.76. The summed E-state index contributed by atoms with van der Waals surface area (Å²) < 4.78 is 13.5. The van der Waals surface area contributed by atoms with Gasteiger partial charge in [-0.05, 0) is 31.5 Å². The third-order valence-electron chi connectivity index (χ3n) is 1.98. The maximum Gasteiger partial charge on any atom is 0.133 e. The van der Waals surface area contributed by atoms with E-state index in [-0.39, 0.29) is 5.82 Å². The van der Waals surface area contributed by atoms with Gasteiger partial charge in [0.25, 0.3) is 0 Å². The smallest absolute Gasteiger partial charge is 0.133 e. The lowest BCUT2D eigenvalue weighted by Gasteiger charge is -1.99. The van der Waals surface area contributed by atoms with Crippen LogP contribution in [0.2, 0.25) is 0 Å². The molecule has 0 bridgehead atoms.